The van der Waals surface area contributed by atoms with Crippen LogP contribution in [0.25, 0.3) is 21.9 Å². The van der Waals surface area contributed by atoms with Gasteiger partial charge in [0.1, 0.15) is 17.5 Å². The first-order valence-corrected chi connectivity index (χ1v) is 13.8. The zero-order valence-corrected chi connectivity index (χ0v) is 24.2. The number of rotatable bonds is 4. The van der Waals surface area contributed by atoms with E-state index in [2.05, 4.69) is 26.7 Å². The fourth-order valence-electron chi connectivity index (χ4n) is 5.28. The molecule has 43 heavy (non-hydrogen) atoms. The van der Waals surface area contributed by atoms with Crippen LogP contribution in [0.15, 0.2) is 24.5 Å². The first kappa shape index (κ1) is 29.5. The Morgan fingerprint density at radius 1 is 1.12 bits per heavy atom. The number of aryl methyl sites for hydroxylation is 1. The van der Waals surface area contributed by atoms with Gasteiger partial charge in [-0.15, -0.1) is 0 Å². The summed E-state index contributed by atoms with van der Waals surface area (Å²) in [5, 5.41) is 24.4. The van der Waals surface area contributed by atoms with Gasteiger partial charge < -0.3 is 14.6 Å². The lowest BCUT2D eigenvalue weighted by Crippen LogP contribution is -2.35. The zero-order chi connectivity index (χ0) is 31.1. The molecular formula is C30H31FN6O6. The average molecular weight is 591 g/mol. The number of ether oxygens (including phenoxy) is 2. The standard InChI is InChI=1S/C30H31FN6O6/c1-15-20(13-33-22-6-5-7-37(26(15)22)29(40)41)19-10-17-11-23(35-27(38)42-18-8-16(9-18)12-32)34-14-21(17)25(24(19)31)36-28(39)43-30(2,3)4/h10-11,13-14,16,18H,5-9H2,1-4H3,(H,36,39)(H,40,41)(H,34,35,38). The molecular weight excluding hydrogens is 559 g/mol. The number of nitrogens with one attached hydrogen (secondary N) is 2. The van der Waals surface area contributed by atoms with Crippen LogP contribution in [-0.2, 0) is 15.9 Å². The van der Waals surface area contributed by atoms with Gasteiger partial charge in [-0.25, -0.2) is 23.8 Å². The topological polar surface area (TPSA) is 167 Å². The smallest absolute Gasteiger partial charge is 0.413 e. The van der Waals surface area contributed by atoms with Gasteiger partial charge in [-0.1, -0.05) is 0 Å². The molecule has 0 bridgehead atoms. The van der Waals surface area contributed by atoms with Crippen molar-refractivity contribution < 1.29 is 33.4 Å². The molecule has 1 fully saturated rings. The number of nitriles is 1. The molecule has 12 nitrogen and oxygen atoms in total. The summed E-state index contributed by atoms with van der Waals surface area (Å²) in [6.45, 7) is 7.02. The normalized spacial score (nSPS) is 17.7. The summed E-state index contributed by atoms with van der Waals surface area (Å²) < 4.78 is 27.0. The van der Waals surface area contributed by atoms with Gasteiger partial charge in [-0.2, -0.15) is 5.26 Å². The number of aromatic nitrogens is 2. The Morgan fingerprint density at radius 3 is 2.53 bits per heavy atom. The highest BCUT2D eigenvalue weighted by Crippen LogP contribution is 2.41. The third-order valence-electron chi connectivity index (χ3n) is 7.34. The molecule has 5 rings (SSSR count). The van der Waals surface area contributed by atoms with Crippen molar-refractivity contribution in [1.82, 2.24) is 9.97 Å². The SMILES string of the molecule is Cc1c(-c2cc3cc(NC(=O)OC4CC(C#N)C4)ncc3c(NC(=O)OC(C)(C)C)c2F)cnc2c1N(C(=O)O)CCC2. The Labute approximate surface area is 246 Å². The summed E-state index contributed by atoms with van der Waals surface area (Å²) in [6.07, 6.45) is 1.81. The molecule has 3 aromatic rings. The number of halogens is 1. The van der Waals surface area contributed by atoms with Crippen molar-refractivity contribution in [1.29, 1.82) is 5.26 Å². The number of carbonyl (C=O) groups excluding carboxylic acids is 2. The summed E-state index contributed by atoms with van der Waals surface area (Å²) in [7, 11) is 0. The first-order valence-electron chi connectivity index (χ1n) is 13.8. The minimum absolute atomic E-state index is 0.0546. The second-order valence-corrected chi connectivity index (χ2v) is 11.6. The molecule has 0 atom stereocenters. The zero-order valence-electron chi connectivity index (χ0n) is 24.2. The number of hydrogen-bond acceptors (Lipinski definition) is 8. The van der Waals surface area contributed by atoms with E-state index in [1.54, 1.807) is 27.7 Å². The molecule has 3 amide bonds. The molecule has 2 aromatic heterocycles. The Morgan fingerprint density at radius 2 is 1.86 bits per heavy atom. The van der Waals surface area contributed by atoms with Crippen LogP contribution in [0.1, 0.15) is 51.3 Å². The third kappa shape index (κ3) is 6.13. The number of hydrogen-bond donors (Lipinski definition) is 3. The lowest BCUT2D eigenvalue weighted by Gasteiger charge is -2.29. The Balaban J connectivity index is 1.57. The lowest BCUT2D eigenvalue weighted by molar-refractivity contribution is 0.0417. The minimum atomic E-state index is -1.13. The van der Waals surface area contributed by atoms with E-state index in [1.165, 1.54) is 29.4 Å². The van der Waals surface area contributed by atoms with Gasteiger partial charge in [0.15, 0.2) is 5.82 Å². The van der Waals surface area contributed by atoms with Gasteiger partial charge in [-0.05, 0) is 63.6 Å². The van der Waals surface area contributed by atoms with Crippen LogP contribution in [0.3, 0.4) is 0 Å². The molecule has 0 saturated heterocycles. The van der Waals surface area contributed by atoms with E-state index in [9.17, 15) is 19.5 Å². The number of nitrogens with zero attached hydrogens (tertiary/aromatic N) is 4. The average Bonchev–Trinajstić information content (AvgIpc) is 2.91. The molecule has 0 unspecified atom stereocenters. The van der Waals surface area contributed by atoms with E-state index in [0.717, 1.165) is 0 Å². The molecule has 0 radical (unpaired) electrons. The van der Waals surface area contributed by atoms with E-state index in [-0.39, 0.29) is 41.0 Å². The van der Waals surface area contributed by atoms with E-state index >= 15 is 4.39 Å². The molecule has 1 saturated carbocycles. The van der Waals surface area contributed by atoms with Crippen LogP contribution in [-0.4, -0.2) is 51.6 Å². The van der Waals surface area contributed by atoms with Crippen LogP contribution in [0.2, 0.25) is 0 Å². The number of anilines is 3. The maximum absolute atomic E-state index is 16.3. The molecule has 1 aliphatic heterocycles. The highest BCUT2D eigenvalue weighted by molar-refractivity contribution is 6.04. The van der Waals surface area contributed by atoms with Crippen LogP contribution < -0.4 is 15.5 Å². The predicted octanol–water partition coefficient (Wildman–Crippen LogP) is 6.37. The number of carboxylic acid groups (broad SMARTS) is 1. The highest BCUT2D eigenvalue weighted by atomic mass is 19.1. The van der Waals surface area contributed by atoms with Crippen molar-refractivity contribution in [3.05, 3.63) is 41.6 Å². The predicted molar refractivity (Wildman–Crippen MR) is 155 cm³/mol. The number of carbonyl (C=O) groups is 3. The van der Waals surface area contributed by atoms with Gasteiger partial charge in [0.2, 0.25) is 0 Å². The number of amides is 3. The summed E-state index contributed by atoms with van der Waals surface area (Å²) in [5.41, 5.74) is 0.863. The summed E-state index contributed by atoms with van der Waals surface area (Å²) >= 11 is 0. The largest absolute Gasteiger partial charge is 0.465 e. The van der Waals surface area contributed by atoms with Crippen molar-refractivity contribution in [3.63, 3.8) is 0 Å². The van der Waals surface area contributed by atoms with E-state index in [4.69, 9.17) is 14.7 Å². The Hall–Kier alpha value is -4.99. The van der Waals surface area contributed by atoms with E-state index in [1.807, 2.05) is 0 Å². The Kier molecular flexibility index (Phi) is 7.79. The van der Waals surface area contributed by atoms with Gasteiger partial charge in [-0.3, -0.25) is 20.5 Å². The van der Waals surface area contributed by atoms with E-state index < -0.39 is 29.7 Å². The number of benzene rings is 1. The number of fused-ring (bicyclic) bond motifs is 2. The summed E-state index contributed by atoms with van der Waals surface area (Å²) in [4.78, 5) is 47.1. The monoisotopic (exact) mass is 590 g/mol. The molecule has 3 heterocycles. The van der Waals surface area contributed by atoms with Crippen LogP contribution >= 0.6 is 0 Å². The highest BCUT2D eigenvalue weighted by Gasteiger charge is 2.32. The van der Waals surface area contributed by atoms with Crippen molar-refractivity contribution in [2.24, 2.45) is 5.92 Å². The lowest BCUT2D eigenvalue weighted by atomic mass is 9.84. The maximum atomic E-state index is 16.3. The number of pyridine rings is 2. The van der Waals surface area contributed by atoms with Crippen LogP contribution in [0.4, 0.5) is 36.0 Å². The molecule has 1 aliphatic carbocycles. The summed E-state index contributed by atoms with van der Waals surface area (Å²) in [5.74, 6) is -0.809. The summed E-state index contributed by atoms with van der Waals surface area (Å²) in [6, 6.07) is 5.16. The van der Waals surface area contributed by atoms with Crippen molar-refractivity contribution in [3.8, 4) is 17.2 Å². The fourth-order valence-corrected chi connectivity index (χ4v) is 5.28. The second kappa shape index (κ2) is 11.4. The minimum Gasteiger partial charge on any atom is -0.465 e. The molecule has 1 aromatic carbocycles. The van der Waals surface area contributed by atoms with Crippen molar-refractivity contribution in [2.45, 2.75) is 65.1 Å². The molecule has 3 N–H and O–H groups in total. The van der Waals surface area contributed by atoms with Crippen LogP contribution in [0, 0.1) is 30.0 Å². The molecule has 13 heteroatoms. The quantitative estimate of drug-likeness (QED) is 0.313. The van der Waals surface area contributed by atoms with Gasteiger partial charge >= 0.3 is 18.3 Å². The van der Waals surface area contributed by atoms with Gasteiger partial charge in [0, 0.05) is 48.3 Å². The first-order chi connectivity index (χ1) is 20.3. The van der Waals surface area contributed by atoms with E-state index in [0.29, 0.717) is 53.6 Å². The van der Waals surface area contributed by atoms with Gasteiger partial charge in [0.25, 0.3) is 0 Å². The van der Waals surface area contributed by atoms with Gasteiger partial charge in [0.05, 0.1) is 29.1 Å². The second-order valence-electron chi connectivity index (χ2n) is 11.6. The van der Waals surface area contributed by atoms with Crippen molar-refractivity contribution >= 4 is 46.2 Å². The molecule has 0 spiro atoms. The van der Waals surface area contributed by atoms with Crippen molar-refractivity contribution in [2.75, 3.05) is 22.1 Å². The maximum Gasteiger partial charge on any atom is 0.413 e. The molecule has 2 aliphatic rings. The fraction of sp³-hybridized carbons (Fsp3) is 0.400. The molecule has 224 valence electrons. The van der Waals surface area contributed by atoms with Crippen LogP contribution in [0.5, 0.6) is 0 Å². The Bertz CT molecular complexity index is 1670. The third-order valence-corrected chi connectivity index (χ3v) is 7.34.